The van der Waals surface area contributed by atoms with Crippen molar-refractivity contribution >= 4 is 5.97 Å². The molecule has 0 saturated carbocycles. The van der Waals surface area contributed by atoms with Gasteiger partial charge in [0.15, 0.2) is 0 Å². The highest BCUT2D eigenvalue weighted by molar-refractivity contribution is 5.74. The maximum atomic E-state index is 12.6. The summed E-state index contributed by atoms with van der Waals surface area (Å²) in [6.45, 7) is 5.15. The number of halogens is 3. The fourth-order valence-electron chi connectivity index (χ4n) is 1.60. The monoisotopic (exact) mass is 290 g/mol. The molecule has 0 atom stereocenters. The molecule has 0 heterocycles. The first kappa shape index (κ1) is 16.3. The molecule has 0 bridgehead atoms. The number of hydrogen-bond donors (Lipinski definition) is 0. The van der Waals surface area contributed by atoms with Crippen molar-refractivity contribution in [3.63, 3.8) is 0 Å². The molecule has 0 unspecified atom stereocenters. The molecule has 0 amide bonds. The van der Waals surface area contributed by atoms with Crippen molar-refractivity contribution in [1.82, 2.24) is 0 Å². The Hall–Kier alpha value is -1.72. The molecule has 3 nitrogen and oxygen atoms in total. The Morgan fingerprint density at radius 3 is 2.25 bits per heavy atom. The fourth-order valence-corrected chi connectivity index (χ4v) is 1.60. The summed E-state index contributed by atoms with van der Waals surface area (Å²) in [6, 6.07) is 3.02. The van der Waals surface area contributed by atoms with Crippen molar-refractivity contribution < 1.29 is 27.4 Å². The standard InChI is InChI=1S/C14H17F3O3/c1-13(2,3)20-12(18)7-9-5-6-10(14(15,16)17)8-11(9)19-4/h5-6,8H,7H2,1-4H3. The second-order valence-electron chi connectivity index (χ2n) is 5.29. The molecule has 112 valence electrons. The van der Waals surface area contributed by atoms with E-state index >= 15 is 0 Å². The van der Waals surface area contributed by atoms with E-state index in [4.69, 9.17) is 9.47 Å². The predicted molar refractivity (Wildman–Crippen MR) is 67.5 cm³/mol. The summed E-state index contributed by atoms with van der Waals surface area (Å²) < 4.78 is 47.7. The number of carbonyl (C=O) groups is 1. The molecule has 0 aliphatic carbocycles. The molecule has 1 aromatic rings. The maximum absolute atomic E-state index is 12.6. The van der Waals surface area contributed by atoms with Crippen molar-refractivity contribution in [3.8, 4) is 5.75 Å². The molecular weight excluding hydrogens is 273 g/mol. The van der Waals surface area contributed by atoms with E-state index < -0.39 is 23.3 Å². The molecular formula is C14H17F3O3. The Morgan fingerprint density at radius 1 is 1.20 bits per heavy atom. The van der Waals surface area contributed by atoms with Crippen LogP contribution in [0.1, 0.15) is 31.9 Å². The lowest BCUT2D eigenvalue weighted by Gasteiger charge is -2.20. The van der Waals surface area contributed by atoms with Gasteiger partial charge in [0.05, 0.1) is 19.1 Å². The summed E-state index contributed by atoms with van der Waals surface area (Å²) in [5.41, 5.74) is -1.10. The lowest BCUT2D eigenvalue weighted by molar-refractivity contribution is -0.153. The second-order valence-corrected chi connectivity index (χ2v) is 5.29. The molecule has 1 rings (SSSR count). The lowest BCUT2D eigenvalue weighted by Crippen LogP contribution is -2.25. The van der Waals surface area contributed by atoms with E-state index in [1.54, 1.807) is 20.8 Å². The SMILES string of the molecule is COc1cc(C(F)(F)F)ccc1CC(=O)OC(C)(C)C. The van der Waals surface area contributed by atoms with Gasteiger partial charge in [-0.1, -0.05) is 6.07 Å². The first-order valence-electron chi connectivity index (χ1n) is 5.99. The highest BCUT2D eigenvalue weighted by Crippen LogP contribution is 2.33. The van der Waals surface area contributed by atoms with Gasteiger partial charge in [-0.15, -0.1) is 0 Å². The van der Waals surface area contributed by atoms with Crippen LogP contribution >= 0.6 is 0 Å². The van der Waals surface area contributed by atoms with E-state index in [0.717, 1.165) is 12.1 Å². The van der Waals surface area contributed by atoms with Crippen LogP contribution < -0.4 is 4.74 Å². The minimum Gasteiger partial charge on any atom is -0.496 e. The summed E-state index contributed by atoms with van der Waals surface area (Å²) in [4.78, 5) is 11.7. The molecule has 0 N–H and O–H groups in total. The van der Waals surface area contributed by atoms with Gasteiger partial charge in [-0.3, -0.25) is 4.79 Å². The van der Waals surface area contributed by atoms with Crippen LogP contribution in [0.2, 0.25) is 0 Å². The Bertz CT molecular complexity index is 487. The van der Waals surface area contributed by atoms with Crippen molar-refractivity contribution in [2.75, 3.05) is 7.11 Å². The van der Waals surface area contributed by atoms with E-state index in [2.05, 4.69) is 0 Å². The van der Waals surface area contributed by atoms with Crippen molar-refractivity contribution in [2.24, 2.45) is 0 Å². The summed E-state index contributed by atoms with van der Waals surface area (Å²) in [5.74, 6) is -0.499. The summed E-state index contributed by atoms with van der Waals surface area (Å²) in [5, 5.41) is 0. The largest absolute Gasteiger partial charge is 0.496 e. The van der Waals surface area contributed by atoms with Gasteiger partial charge in [-0.2, -0.15) is 13.2 Å². The Balaban J connectivity index is 2.94. The molecule has 20 heavy (non-hydrogen) atoms. The number of carbonyl (C=O) groups excluding carboxylic acids is 1. The third-order valence-electron chi connectivity index (χ3n) is 2.37. The molecule has 0 aliphatic rings. The number of ether oxygens (including phenoxy) is 2. The van der Waals surface area contributed by atoms with Gasteiger partial charge in [-0.25, -0.2) is 0 Å². The van der Waals surface area contributed by atoms with Gasteiger partial charge in [0.25, 0.3) is 0 Å². The first-order chi connectivity index (χ1) is 9.03. The quantitative estimate of drug-likeness (QED) is 0.798. The van der Waals surface area contributed by atoms with Crippen molar-refractivity contribution in [1.29, 1.82) is 0 Å². The third kappa shape index (κ3) is 4.75. The second kappa shape index (κ2) is 5.73. The predicted octanol–water partition coefficient (Wildman–Crippen LogP) is 3.60. The van der Waals surface area contributed by atoms with Crippen LogP contribution in [0.15, 0.2) is 18.2 Å². The maximum Gasteiger partial charge on any atom is 0.416 e. The van der Waals surface area contributed by atoms with Crippen molar-refractivity contribution in [2.45, 2.75) is 39.0 Å². The van der Waals surface area contributed by atoms with Crippen LogP contribution in [0.5, 0.6) is 5.75 Å². The van der Waals surface area contributed by atoms with E-state index in [1.807, 2.05) is 0 Å². The van der Waals surface area contributed by atoms with Gasteiger partial charge in [-0.05, 0) is 32.9 Å². The Kier molecular flexibility index (Phi) is 4.68. The summed E-state index contributed by atoms with van der Waals surface area (Å²) >= 11 is 0. The van der Waals surface area contributed by atoms with Crippen LogP contribution in [-0.4, -0.2) is 18.7 Å². The molecule has 0 fully saturated rings. The van der Waals surface area contributed by atoms with Gasteiger partial charge in [0.2, 0.25) is 0 Å². The highest BCUT2D eigenvalue weighted by atomic mass is 19.4. The average Bonchev–Trinajstić information content (AvgIpc) is 2.25. The van der Waals surface area contributed by atoms with Crippen LogP contribution in [0.3, 0.4) is 0 Å². The van der Waals surface area contributed by atoms with Gasteiger partial charge in [0.1, 0.15) is 11.4 Å². The number of methoxy groups -OCH3 is 1. The topological polar surface area (TPSA) is 35.5 Å². The minimum atomic E-state index is -4.45. The van der Waals surface area contributed by atoms with E-state index in [1.165, 1.54) is 13.2 Å². The molecule has 0 radical (unpaired) electrons. The molecule has 0 spiro atoms. The zero-order valence-electron chi connectivity index (χ0n) is 11.8. The van der Waals surface area contributed by atoms with E-state index in [9.17, 15) is 18.0 Å². The zero-order chi connectivity index (χ0) is 15.6. The van der Waals surface area contributed by atoms with Crippen LogP contribution in [0.25, 0.3) is 0 Å². The molecule has 1 aromatic carbocycles. The number of alkyl halides is 3. The summed E-state index contributed by atoms with van der Waals surface area (Å²) in [7, 11) is 1.26. The molecule has 0 aromatic heterocycles. The number of rotatable bonds is 3. The lowest BCUT2D eigenvalue weighted by atomic mass is 10.1. The normalized spacial score (nSPS) is 12.2. The van der Waals surface area contributed by atoms with Crippen molar-refractivity contribution in [3.05, 3.63) is 29.3 Å². The average molecular weight is 290 g/mol. The van der Waals surface area contributed by atoms with Crippen LogP contribution in [-0.2, 0) is 22.1 Å². The Labute approximate surface area is 115 Å². The fraction of sp³-hybridized carbons (Fsp3) is 0.500. The van der Waals surface area contributed by atoms with Crippen LogP contribution in [0.4, 0.5) is 13.2 Å². The molecule has 0 saturated heterocycles. The summed E-state index contributed by atoms with van der Waals surface area (Å²) in [6.07, 6.45) is -4.59. The minimum absolute atomic E-state index is 0.0192. The number of benzene rings is 1. The van der Waals surface area contributed by atoms with E-state index in [-0.39, 0.29) is 12.2 Å². The number of hydrogen-bond acceptors (Lipinski definition) is 3. The van der Waals surface area contributed by atoms with Crippen LogP contribution in [0, 0.1) is 0 Å². The third-order valence-corrected chi connectivity index (χ3v) is 2.37. The molecule has 0 aliphatic heterocycles. The number of esters is 1. The zero-order valence-corrected chi connectivity index (χ0v) is 11.8. The van der Waals surface area contributed by atoms with Gasteiger partial charge >= 0.3 is 12.1 Å². The first-order valence-corrected chi connectivity index (χ1v) is 5.99. The smallest absolute Gasteiger partial charge is 0.416 e. The van der Waals surface area contributed by atoms with Gasteiger partial charge < -0.3 is 9.47 Å². The van der Waals surface area contributed by atoms with Gasteiger partial charge in [0, 0.05) is 5.56 Å². The Morgan fingerprint density at radius 2 is 1.80 bits per heavy atom. The highest BCUT2D eigenvalue weighted by Gasteiger charge is 2.31. The van der Waals surface area contributed by atoms with E-state index in [0.29, 0.717) is 5.56 Å². The molecule has 6 heteroatoms.